The summed E-state index contributed by atoms with van der Waals surface area (Å²) in [7, 11) is 0. The Morgan fingerprint density at radius 1 is 1.17 bits per heavy atom. The summed E-state index contributed by atoms with van der Waals surface area (Å²) in [6.07, 6.45) is 14.8. The van der Waals surface area contributed by atoms with Crippen molar-refractivity contribution in [1.82, 2.24) is 0 Å². The minimum absolute atomic E-state index is 0. The van der Waals surface area contributed by atoms with Crippen LogP contribution in [0.25, 0.3) is 0 Å². The molecule has 0 saturated heterocycles. The Labute approximate surface area is 144 Å². The third-order valence-corrected chi connectivity index (χ3v) is 2.76. The molecule has 0 heterocycles. The molecule has 0 amide bonds. The molecule has 18 heavy (non-hydrogen) atoms. The summed E-state index contributed by atoms with van der Waals surface area (Å²) in [6.45, 7) is 8.65. The zero-order chi connectivity index (χ0) is 11.3. The van der Waals surface area contributed by atoms with Gasteiger partial charge in [0.05, 0.1) is 0 Å². The standard InChI is InChI=1S/C8H11.C7H9.2ClH.Zr/c1-7(2)8-5-3-4-6-8;1-6-4-3-5-7(6)2;;;/h5-7H,3H2,1-2H3;3H,4H2,1-2H3;2*1H;/q2*-1;;;+4/p-2. The van der Waals surface area contributed by atoms with E-state index in [0.717, 1.165) is 12.8 Å². The van der Waals surface area contributed by atoms with E-state index in [0.29, 0.717) is 5.92 Å². The van der Waals surface area contributed by atoms with Crippen LogP contribution in [0, 0.1) is 18.1 Å². The van der Waals surface area contributed by atoms with E-state index in [1.807, 2.05) is 0 Å². The maximum absolute atomic E-state index is 3.14. The second kappa shape index (κ2) is 12.5. The van der Waals surface area contributed by atoms with E-state index in [9.17, 15) is 0 Å². The van der Waals surface area contributed by atoms with E-state index < -0.39 is 0 Å². The molecule has 0 aromatic rings. The topological polar surface area (TPSA) is 0 Å². The summed E-state index contributed by atoms with van der Waals surface area (Å²) in [4.78, 5) is 0. The van der Waals surface area contributed by atoms with E-state index in [4.69, 9.17) is 0 Å². The molecule has 0 nitrogen and oxygen atoms in total. The first-order valence-electron chi connectivity index (χ1n) is 5.62. The number of hydrogen-bond donors (Lipinski definition) is 0. The summed E-state index contributed by atoms with van der Waals surface area (Å²) in [5, 5.41) is 0. The van der Waals surface area contributed by atoms with Crippen molar-refractivity contribution in [3.63, 3.8) is 0 Å². The Morgan fingerprint density at radius 3 is 1.94 bits per heavy atom. The van der Waals surface area contributed by atoms with Crippen molar-refractivity contribution in [2.24, 2.45) is 5.92 Å². The van der Waals surface area contributed by atoms with Crippen LogP contribution in [0.4, 0.5) is 0 Å². The van der Waals surface area contributed by atoms with Crippen molar-refractivity contribution in [1.29, 1.82) is 0 Å². The quantitative estimate of drug-likeness (QED) is 0.494. The Bertz CT molecular complexity index is 336. The van der Waals surface area contributed by atoms with E-state index in [1.54, 1.807) is 0 Å². The molecule has 0 radical (unpaired) electrons. The minimum Gasteiger partial charge on any atom is -1.00 e. The molecular formula is C15H20Cl2Zr. The zero-order valence-electron chi connectivity index (χ0n) is 11.5. The van der Waals surface area contributed by atoms with Gasteiger partial charge < -0.3 is 24.8 Å². The summed E-state index contributed by atoms with van der Waals surface area (Å²) in [5.41, 5.74) is 4.21. The average molecular weight is 362 g/mol. The molecule has 0 aliphatic heterocycles. The van der Waals surface area contributed by atoms with Crippen LogP contribution in [-0.4, -0.2) is 0 Å². The fourth-order valence-electron chi connectivity index (χ4n) is 1.45. The van der Waals surface area contributed by atoms with Gasteiger partial charge in [-0.15, -0.1) is 13.3 Å². The maximum Gasteiger partial charge on any atom is 4.00 e. The van der Waals surface area contributed by atoms with Gasteiger partial charge >= 0.3 is 26.2 Å². The number of allylic oxidation sites excluding steroid dienone is 8. The molecule has 0 atom stereocenters. The van der Waals surface area contributed by atoms with Gasteiger partial charge in [-0.05, 0) is 0 Å². The van der Waals surface area contributed by atoms with Gasteiger partial charge in [0.15, 0.2) is 0 Å². The molecule has 0 N–H and O–H groups in total. The summed E-state index contributed by atoms with van der Waals surface area (Å²) in [6, 6.07) is 0. The number of hydrogen-bond acceptors (Lipinski definition) is 0. The van der Waals surface area contributed by atoms with Crippen LogP contribution in [0.3, 0.4) is 0 Å². The SMILES string of the molecule is CC(C)C1=CC[C-]=C1.CC1=C(C)CC=[C-]1.[Cl-].[Cl-].[Zr+4]. The fourth-order valence-corrected chi connectivity index (χ4v) is 1.45. The van der Waals surface area contributed by atoms with Crippen LogP contribution in [-0.2, 0) is 26.2 Å². The van der Waals surface area contributed by atoms with Gasteiger partial charge in [0.1, 0.15) is 0 Å². The minimum atomic E-state index is 0. The second-order valence-corrected chi connectivity index (χ2v) is 4.37. The van der Waals surface area contributed by atoms with Crippen molar-refractivity contribution < 1.29 is 51.0 Å². The van der Waals surface area contributed by atoms with Gasteiger partial charge in [-0.3, -0.25) is 12.2 Å². The fraction of sp³-hybridized carbons (Fsp3) is 0.467. The van der Waals surface area contributed by atoms with E-state index >= 15 is 0 Å². The van der Waals surface area contributed by atoms with Gasteiger partial charge in [0, 0.05) is 0 Å². The molecule has 2 aliphatic carbocycles. The average Bonchev–Trinajstić information content (AvgIpc) is 2.80. The molecule has 0 bridgehead atoms. The van der Waals surface area contributed by atoms with Gasteiger partial charge in [0.2, 0.25) is 0 Å². The Kier molecular flexibility index (Phi) is 16.3. The molecular weight excluding hydrogens is 342 g/mol. The summed E-state index contributed by atoms with van der Waals surface area (Å²) >= 11 is 0. The normalized spacial score (nSPS) is 15.3. The van der Waals surface area contributed by atoms with Crippen LogP contribution in [0.2, 0.25) is 0 Å². The smallest absolute Gasteiger partial charge is 1.00 e. The first-order chi connectivity index (χ1) is 7.11. The largest absolute Gasteiger partial charge is 4.00 e. The Hall–Kier alpha value is 0.423. The van der Waals surface area contributed by atoms with Crippen LogP contribution in [0.1, 0.15) is 40.5 Å². The van der Waals surface area contributed by atoms with Gasteiger partial charge in [-0.25, -0.2) is 17.2 Å². The van der Waals surface area contributed by atoms with E-state index in [1.165, 1.54) is 16.7 Å². The number of rotatable bonds is 1. The molecule has 3 heteroatoms. The monoisotopic (exact) mass is 360 g/mol. The molecule has 0 aromatic carbocycles. The third-order valence-electron chi connectivity index (χ3n) is 2.76. The van der Waals surface area contributed by atoms with E-state index in [2.05, 4.69) is 58.1 Å². The van der Waals surface area contributed by atoms with Crippen molar-refractivity contribution in [3.05, 3.63) is 47.1 Å². The summed E-state index contributed by atoms with van der Waals surface area (Å²) in [5.74, 6) is 0.685. The van der Waals surface area contributed by atoms with Crippen molar-refractivity contribution >= 4 is 0 Å². The first kappa shape index (κ1) is 23.5. The molecule has 2 aliphatic rings. The van der Waals surface area contributed by atoms with Crippen LogP contribution in [0.5, 0.6) is 0 Å². The molecule has 98 valence electrons. The zero-order valence-corrected chi connectivity index (χ0v) is 15.4. The first-order valence-corrected chi connectivity index (χ1v) is 5.62. The van der Waals surface area contributed by atoms with Gasteiger partial charge in [0.25, 0.3) is 0 Å². The Morgan fingerprint density at radius 2 is 1.78 bits per heavy atom. The molecule has 0 spiro atoms. The predicted octanol–water partition coefficient (Wildman–Crippen LogP) is -1.58. The Balaban J connectivity index is -0.000000215. The molecule has 0 fully saturated rings. The second-order valence-electron chi connectivity index (χ2n) is 4.37. The van der Waals surface area contributed by atoms with Gasteiger partial charge in [-0.2, -0.15) is 17.7 Å². The summed E-state index contributed by atoms with van der Waals surface area (Å²) < 4.78 is 0. The van der Waals surface area contributed by atoms with Gasteiger partial charge in [-0.1, -0.05) is 33.1 Å². The molecule has 0 saturated carbocycles. The van der Waals surface area contributed by atoms with Crippen LogP contribution in [0.15, 0.2) is 34.9 Å². The molecule has 0 aromatic heterocycles. The van der Waals surface area contributed by atoms with Crippen molar-refractivity contribution in [2.75, 3.05) is 0 Å². The van der Waals surface area contributed by atoms with Crippen LogP contribution >= 0.6 is 0 Å². The maximum atomic E-state index is 3.14. The van der Waals surface area contributed by atoms with Crippen molar-refractivity contribution in [3.8, 4) is 0 Å². The van der Waals surface area contributed by atoms with Crippen molar-refractivity contribution in [2.45, 2.75) is 40.5 Å². The van der Waals surface area contributed by atoms with E-state index in [-0.39, 0.29) is 51.0 Å². The predicted molar refractivity (Wildman–Crippen MR) is 66.2 cm³/mol. The third kappa shape index (κ3) is 8.51. The number of halogens is 2. The molecule has 2 rings (SSSR count). The van der Waals surface area contributed by atoms with Crippen LogP contribution < -0.4 is 24.8 Å². The molecule has 0 unspecified atom stereocenters.